The molecule has 0 aromatic rings. The zero-order valence-corrected chi connectivity index (χ0v) is 11.3. The highest BCUT2D eigenvalue weighted by molar-refractivity contribution is 5.76. The number of urea groups is 1. The zero-order valence-electron chi connectivity index (χ0n) is 11.3. The summed E-state index contributed by atoms with van der Waals surface area (Å²) < 4.78 is 0. The van der Waals surface area contributed by atoms with Gasteiger partial charge in [-0.3, -0.25) is 4.79 Å². The molecular formula is C12H23N3O3. The molecule has 104 valence electrons. The molecule has 18 heavy (non-hydrogen) atoms. The van der Waals surface area contributed by atoms with Crippen molar-refractivity contribution in [3.05, 3.63) is 0 Å². The second-order valence-electron chi connectivity index (χ2n) is 5.12. The first-order valence-corrected chi connectivity index (χ1v) is 6.33. The fourth-order valence-electron chi connectivity index (χ4n) is 2.25. The van der Waals surface area contributed by atoms with Crippen LogP contribution in [0.4, 0.5) is 4.79 Å². The molecule has 1 fully saturated rings. The summed E-state index contributed by atoms with van der Waals surface area (Å²) in [6.45, 7) is 3.64. The Morgan fingerprint density at radius 1 is 1.56 bits per heavy atom. The van der Waals surface area contributed by atoms with Gasteiger partial charge in [-0.05, 0) is 33.4 Å². The maximum Gasteiger partial charge on any atom is 0.317 e. The maximum atomic E-state index is 11.9. The number of amides is 2. The molecule has 0 saturated carbocycles. The van der Waals surface area contributed by atoms with Gasteiger partial charge in [-0.2, -0.15) is 0 Å². The molecule has 2 amide bonds. The van der Waals surface area contributed by atoms with Crippen LogP contribution < -0.4 is 5.32 Å². The molecule has 1 saturated heterocycles. The fourth-order valence-corrected chi connectivity index (χ4v) is 2.25. The summed E-state index contributed by atoms with van der Waals surface area (Å²) in [5, 5.41) is 11.4. The van der Waals surface area contributed by atoms with E-state index in [4.69, 9.17) is 5.11 Å². The van der Waals surface area contributed by atoms with Gasteiger partial charge in [0.15, 0.2) is 0 Å². The molecule has 0 bridgehead atoms. The topological polar surface area (TPSA) is 72.9 Å². The molecule has 6 nitrogen and oxygen atoms in total. The summed E-state index contributed by atoms with van der Waals surface area (Å²) in [7, 11) is 3.82. The first-order chi connectivity index (χ1) is 8.40. The molecule has 1 aliphatic rings. The van der Waals surface area contributed by atoms with E-state index in [-0.39, 0.29) is 24.5 Å². The highest BCUT2D eigenvalue weighted by atomic mass is 16.4. The predicted octanol–water partition coefficient (Wildman–Crippen LogP) is 0.585. The van der Waals surface area contributed by atoms with Crippen LogP contribution in [0.25, 0.3) is 0 Å². The third kappa shape index (κ3) is 4.52. The molecule has 1 heterocycles. The zero-order chi connectivity index (χ0) is 13.7. The third-order valence-corrected chi connectivity index (χ3v) is 3.32. The van der Waals surface area contributed by atoms with Crippen molar-refractivity contribution in [2.45, 2.75) is 38.3 Å². The van der Waals surface area contributed by atoms with Crippen molar-refractivity contribution in [3.8, 4) is 0 Å². The van der Waals surface area contributed by atoms with Crippen LogP contribution in [-0.2, 0) is 4.79 Å². The quantitative estimate of drug-likeness (QED) is 0.773. The summed E-state index contributed by atoms with van der Waals surface area (Å²) >= 11 is 0. The lowest BCUT2D eigenvalue weighted by atomic mass is 10.1. The Kier molecular flexibility index (Phi) is 5.40. The van der Waals surface area contributed by atoms with Crippen LogP contribution in [0, 0.1) is 0 Å². The van der Waals surface area contributed by atoms with Gasteiger partial charge in [0.1, 0.15) is 0 Å². The minimum atomic E-state index is -0.900. The number of likely N-dealkylation sites (N-methyl/N-ethyl adjacent to an activating group) is 2. The van der Waals surface area contributed by atoms with Crippen molar-refractivity contribution < 1.29 is 14.7 Å². The minimum absolute atomic E-state index is 0.0514. The number of carboxylic acids is 1. The lowest BCUT2D eigenvalue weighted by molar-refractivity contribution is -0.137. The summed E-state index contributed by atoms with van der Waals surface area (Å²) in [5.41, 5.74) is 0. The van der Waals surface area contributed by atoms with Crippen LogP contribution in [0.1, 0.15) is 26.2 Å². The van der Waals surface area contributed by atoms with Crippen molar-refractivity contribution in [3.63, 3.8) is 0 Å². The van der Waals surface area contributed by atoms with Crippen LogP contribution in [0.2, 0.25) is 0 Å². The van der Waals surface area contributed by atoms with E-state index in [0.717, 1.165) is 25.9 Å². The van der Waals surface area contributed by atoms with Gasteiger partial charge in [0.2, 0.25) is 0 Å². The lowest BCUT2D eigenvalue weighted by Crippen LogP contribution is -2.52. The Morgan fingerprint density at radius 2 is 2.22 bits per heavy atom. The lowest BCUT2D eigenvalue weighted by Gasteiger charge is -2.36. The van der Waals surface area contributed by atoms with Gasteiger partial charge in [-0.25, -0.2) is 4.79 Å². The number of hydrogen-bond acceptors (Lipinski definition) is 3. The van der Waals surface area contributed by atoms with Gasteiger partial charge in [-0.1, -0.05) is 0 Å². The number of likely N-dealkylation sites (tertiary alicyclic amines) is 1. The Balaban J connectivity index is 2.42. The number of piperidine rings is 1. The number of nitrogens with one attached hydrogen (secondary N) is 1. The summed E-state index contributed by atoms with van der Waals surface area (Å²) in [6.07, 6.45) is 2.04. The average Bonchev–Trinajstić information content (AvgIpc) is 2.26. The molecule has 1 aliphatic heterocycles. The van der Waals surface area contributed by atoms with E-state index in [1.165, 1.54) is 0 Å². The number of aliphatic carboxylic acids is 1. The van der Waals surface area contributed by atoms with Crippen molar-refractivity contribution in [1.82, 2.24) is 15.1 Å². The van der Waals surface area contributed by atoms with E-state index in [1.54, 1.807) is 18.9 Å². The van der Waals surface area contributed by atoms with Crippen LogP contribution >= 0.6 is 0 Å². The van der Waals surface area contributed by atoms with Gasteiger partial charge in [0.25, 0.3) is 0 Å². The largest absolute Gasteiger partial charge is 0.481 e. The number of nitrogens with zero attached hydrogens (tertiary/aromatic N) is 2. The highest BCUT2D eigenvalue weighted by Gasteiger charge is 2.25. The Bertz CT molecular complexity index is 309. The van der Waals surface area contributed by atoms with E-state index in [0.29, 0.717) is 0 Å². The summed E-state index contributed by atoms with van der Waals surface area (Å²) in [5.74, 6) is -0.900. The molecule has 2 unspecified atom stereocenters. The van der Waals surface area contributed by atoms with Crippen LogP contribution in [0.15, 0.2) is 0 Å². The molecule has 0 aromatic heterocycles. The molecule has 2 atom stereocenters. The van der Waals surface area contributed by atoms with Crippen molar-refractivity contribution >= 4 is 12.0 Å². The van der Waals surface area contributed by atoms with E-state index in [1.807, 2.05) is 7.05 Å². The SMILES string of the molecule is CC(CC(=O)O)NC(=O)N(C)C1CCCN(C)C1. The standard InChI is InChI=1S/C12H23N3O3/c1-9(7-11(16)17)13-12(18)15(3)10-5-4-6-14(2)8-10/h9-10H,4-8H2,1-3H3,(H,13,18)(H,16,17). The van der Waals surface area contributed by atoms with Gasteiger partial charge in [0.05, 0.1) is 6.42 Å². The van der Waals surface area contributed by atoms with Crippen molar-refractivity contribution in [2.24, 2.45) is 0 Å². The average molecular weight is 257 g/mol. The van der Waals surface area contributed by atoms with Crippen LogP contribution in [0.3, 0.4) is 0 Å². The van der Waals surface area contributed by atoms with Crippen molar-refractivity contribution in [2.75, 3.05) is 27.2 Å². The molecule has 0 spiro atoms. The second-order valence-corrected chi connectivity index (χ2v) is 5.12. The van der Waals surface area contributed by atoms with E-state index in [9.17, 15) is 9.59 Å². The number of carbonyl (C=O) groups excluding carboxylic acids is 1. The van der Waals surface area contributed by atoms with Gasteiger partial charge in [0, 0.05) is 25.7 Å². The predicted molar refractivity (Wildman–Crippen MR) is 68.5 cm³/mol. The highest BCUT2D eigenvalue weighted by Crippen LogP contribution is 2.13. The Hall–Kier alpha value is -1.30. The molecule has 0 aromatic carbocycles. The summed E-state index contributed by atoms with van der Waals surface area (Å²) in [4.78, 5) is 26.4. The monoisotopic (exact) mass is 257 g/mol. The molecular weight excluding hydrogens is 234 g/mol. The smallest absolute Gasteiger partial charge is 0.317 e. The normalized spacial score (nSPS) is 22.3. The first kappa shape index (κ1) is 14.8. The number of carboxylic acid groups (broad SMARTS) is 1. The second kappa shape index (κ2) is 6.58. The minimum Gasteiger partial charge on any atom is -0.481 e. The maximum absolute atomic E-state index is 11.9. The van der Waals surface area contributed by atoms with E-state index >= 15 is 0 Å². The molecule has 0 radical (unpaired) electrons. The van der Waals surface area contributed by atoms with Crippen LogP contribution in [-0.4, -0.2) is 66.2 Å². The Morgan fingerprint density at radius 3 is 2.78 bits per heavy atom. The van der Waals surface area contributed by atoms with Gasteiger partial charge >= 0.3 is 12.0 Å². The third-order valence-electron chi connectivity index (χ3n) is 3.32. The number of rotatable bonds is 4. The van der Waals surface area contributed by atoms with Crippen LogP contribution in [0.5, 0.6) is 0 Å². The molecule has 0 aliphatic carbocycles. The Labute approximate surface area is 108 Å². The molecule has 6 heteroatoms. The molecule has 2 N–H and O–H groups in total. The van der Waals surface area contributed by atoms with Gasteiger partial charge < -0.3 is 20.2 Å². The summed E-state index contributed by atoms with van der Waals surface area (Å²) in [6, 6.07) is -0.330. The molecule has 1 rings (SSSR count). The fraction of sp³-hybridized carbons (Fsp3) is 0.833. The van der Waals surface area contributed by atoms with Crippen molar-refractivity contribution in [1.29, 1.82) is 0 Å². The number of carbonyl (C=O) groups is 2. The first-order valence-electron chi connectivity index (χ1n) is 6.33. The van der Waals surface area contributed by atoms with E-state index in [2.05, 4.69) is 10.2 Å². The van der Waals surface area contributed by atoms with Gasteiger partial charge in [-0.15, -0.1) is 0 Å². The van der Waals surface area contributed by atoms with E-state index < -0.39 is 5.97 Å². The number of hydrogen-bond donors (Lipinski definition) is 2.